The molecule has 0 aliphatic heterocycles. The SMILES string of the molecule is COc1cc(CNC(=O)Cc2ccc(-n3cnnn3)cc2)cc(Br)c1OC. The van der Waals surface area contributed by atoms with Crippen LogP contribution in [0.15, 0.2) is 47.2 Å². The molecule has 0 bridgehead atoms. The molecule has 0 saturated carbocycles. The maximum absolute atomic E-state index is 12.2. The molecule has 0 aliphatic rings. The molecule has 1 aromatic heterocycles. The minimum absolute atomic E-state index is 0.0731. The maximum Gasteiger partial charge on any atom is 0.224 e. The van der Waals surface area contributed by atoms with E-state index < -0.39 is 0 Å². The van der Waals surface area contributed by atoms with E-state index in [-0.39, 0.29) is 12.3 Å². The fraction of sp³-hybridized carbons (Fsp3) is 0.222. The van der Waals surface area contributed by atoms with E-state index in [2.05, 4.69) is 36.8 Å². The largest absolute Gasteiger partial charge is 0.493 e. The fourth-order valence-corrected chi connectivity index (χ4v) is 3.22. The number of carbonyl (C=O) groups excluding carboxylic acids is 1. The molecule has 0 saturated heterocycles. The Bertz CT molecular complexity index is 914. The Kier molecular flexibility index (Phi) is 6.02. The molecule has 0 atom stereocenters. The van der Waals surface area contributed by atoms with E-state index in [1.54, 1.807) is 18.9 Å². The van der Waals surface area contributed by atoms with Crippen molar-refractivity contribution in [2.45, 2.75) is 13.0 Å². The van der Waals surface area contributed by atoms with Crippen molar-refractivity contribution in [3.05, 3.63) is 58.3 Å². The first-order chi connectivity index (χ1) is 13.1. The number of rotatable bonds is 7. The molecular formula is C18H18BrN5O3. The number of nitrogens with zero attached hydrogens (tertiary/aromatic N) is 4. The van der Waals surface area contributed by atoms with Crippen LogP contribution in [0.25, 0.3) is 5.69 Å². The third-order valence-electron chi connectivity index (χ3n) is 3.90. The molecule has 1 heterocycles. The van der Waals surface area contributed by atoms with Crippen LogP contribution < -0.4 is 14.8 Å². The zero-order chi connectivity index (χ0) is 19.2. The van der Waals surface area contributed by atoms with E-state index in [1.165, 1.54) is 6.33 Å². The highest BCUT2D eigenvalue weighted by Crippen LogP contribution is 2.36. The number of aromatic nitrogens is 4. The van der Waals surface area contributed by atoms with Gasteiger partial charge in [0.1, 0.15) is 6.33 Å². The molecule has 1 amide bonds. The van der Waals surface area contributed by atoms with Gasteiger partial charge in [-0.1, -0.05) is 12.1 Å². The Morgan fingerprint density at radius 1 is 1.15 bits per heavy atom. The van der Waals surface area contributed by atoms with Gasteiger partial charge in [-0.05, 0) is 61.7 Å². The number of hydrogen-bond acceptors (Lipinski definition) is 6. The minimum Gasteiger partial charge on any atom is -0.493 e. The van der Waals surface area contributed by atoms with E-state index in [0.717, 1.165) is 21.3 Å². The second-order valence-corrected chi connectivity index (χ2v) is 6.54. The molecule has 3 rings (SSSR count). The summed E-state index contributed by atoms with van der Waals surface area (Å²) in [5.74, 6) is 1.15. The molecule has 9 heteroatoms. The van der Waals surface area contributed by atoms with Crippen LogP contribution in [-0.2, 0) is 17.8 Å². The van der Waals surface area contributed by atoms with Crippen molar-refractivity contribution in [3.8, 4) is 17.2 Å². The zero-order valence-electron chi connectivity index (χ0n) is 14.8. The molecule has 0 unspecified atom stereocenters. The summed E-state index contributed by atoms with van der Waals surface area (Å²) in [5, 5.41) is 13.9. The normalized spacial score (nSPS) is 10.5. The minimum atomic E-state index is -0.0731. The van der Waals surface area contributed by atoms with E-state index in [9.17, 15) is 4.79 Å². The fourth-order valence-electron chi connectivity index (χ4n) is 2.57. The van der Waals surface area contributed by atoms with Gasteiger partial charge >= 0.3 is 0 Å². The lowest BCUT2D eigenvalue weighted by atomic mass is 10.1. The number of methoxy groups -OCH3 is 2. The van der Waals surface area contributed by atoms with Crippen LogP contribution in [0.3, 0.4) is 0 Å². The van der Waals surface area contributed by atoms with Crippen LogP contribution >= 0.6 is 15.9 Å². The Morgan fingerprint density at radius 3 is 2.56 bits per heavy atom. The highest BCUT2D eigenvalue weighted by Gasteiger charge is 2.11. The van der Waals surface area contributed by atoms with E-state index in [0.29, 0.717) is 18.0 Å². The molecular weight excluding hydrogens is 414 g/mol. The van der Waals surface area contributed by atoms with E-state index in [4.69, 9.17) is 9.47 Å². The molecule has 0 radical (unpaired) electrons. The summed E-state index contributed by atoms with van der Waals surface area (Å²) in [4.78, 5) is 12.2. The quantitative estimate of drug-likeness (QED) is 0.616. The lowest BCUT2D eigenvalue weighted by molar-refractivity contribution is -0.120. The van der Waals surface area contributed by atoms with Crippen molar-refractivity contribution in [2.24, 2.45) is 0 Å². The monoisotopic (exact) mass is 431 g/mol. The second kappa shape index (κ2) is 8.63. The van der Waals surface area contributed by atoms with Gasteiger partial charge in [-0.15, -0.1) is 5.10 Å². The molecule has 2 aromatic carbocycles. The number of halogens is 1. The summed E-state index contributed by atoms with van der Waals surface area (Å²) in [6, 6.07) is 11.2. The number of tetrazole rings is 1. The zero-order valence-corrected chi connectivity index (χ0v) is 16.4. The lowest BCUT2D eigenvalue weighted by Gasteiger charge is -2.12. The molecule has 8 nitrogen and oxygen atoms in total. The van der Waals surface area contributed by atoms with Crippen molar-refractivity contribution in [1.29, 1.82) is 0 Å². The summed E-state index contributed by atoms with van der Waals surface area (Å²) >= 11 is 3.45. The predicted octanol–water partition coefficient (Wildman–Crippen LogP) is 2.30. The Hall–Kier alpha value is -2.94. The van der Waals surface area contributed by atoms with Crippen molar-refractivity contribution >= 4 is 21.8 Å². The number of benzene rings is 2. The number of amides is 1. The van der Waals surface area contributed by atoms with E-state index in [1.807, 2.05) is 36.4 Å². The van der Waals surface area contributed by atoms with Crippen LogP contribution in [0.2, 0.25) is 0 Å². The van der Waals surface area contributed by atoms with Gasteiger partial charge in [-0.2, -0.15) is 0 Å². The third kappa shape index (κ3) is 4.62. The molecule has 3 aromatic rings. The van der Waals surface area contributed by atoms with Crippen LogP contribution in [0.4, 0.5) is 0 Å². The van der Waals surface area contributed by atoms with Crippen molar-refractivity contribution < 1.29 is 14.3 Å². The lowest BCUT2D eigenvalue weighted by Crippen LogP contribution is -2.24. The summed E-state index contributed by atoms with van der Waals surface area (Å²) < 4.78 is 12.9. The van der Waals surface area contributed by atoms with Crippen LogP contribution in [-0.4, -0.2) is 40.3 Å². The van der Waals surface area contributed by atoms with Crippen LogP contribution in [0.1, 0.15) is 11.1 Å². The average molecular weight is 432 g/mol. The van der Waals surface area contributed by atoms with Crippen LogP contribution in [0.5, 0.6) is 11.5 Å². The second-order valence-electron chi connectivity index (χ2n) is 5.69. The van der Waals surface area contributed by atoms with Gasteiger partial charge < -0.3 is 14.8 Å². The van der Waals surface area contributed by atoms with Crippen molar-refractivity contribution in [1.82, 2.24) is 25.5 Å². The predicted molar refractivity (Wildman–Crippen MR) is 102 cm³/mol. The van der Waals surface area contributed by atoms with Crippen LogP contribution in [0, 0.1) is 0 Å². The molecule has 0 fully saturated rings. The topological polar surface area (TPSA) is 91.2 Å². The standard InChI is InChI=1S/C18H18BrN5O3/c1-26-16-8-13(7-15(19)18(16)27-2)10-20-17(25)9-12-3-5-14(6-4-12)24-11-21-22-23-24/h3-8,11H,9-10H2,1-2H3,(H,20,25). The first-order valence-electron chi connectivity index (χ1n) is 8.10. The summed E-state index contributed by atoms with van der Waals surface area (Å²) in [7, 11) is 3.15. The highest BCUT2D eigenvalue weighted by molar-refractivity contribution is 9.10. The van der Waals surface area contributed by atoms with Gasteiger partial charge in [0, 0.05) is 6.54 Å². The highest BCUT2D eigenvalue weighted by atomic mass is 79.9. The molecule has 0 spiro atoms. The summed E-state index contributed by atoms with van der Waals surface area (Å²) in [6.45, 7) is 0.389. The van der Waals surface area contributed by atoms with Gasteiger partial charge in [0.25, 0.3) is 0 Å². The Labute approximate surface area is 164 Å². The number of nitrogens with one attached hydrogen (secondary N) is 1. The average Bonchev–Trinajstić information content (AvgIpc) is 3.21. The van der Waals surface area contributed by atoms with Gasteiger partial charge in [-0.25, -0.2) is 4.68 Å². The van der Waals surface area contributed by atoms with Gasteiger partial charge in [0.15, 0.2) is 11.5 Å². The van der Waals surface area contributed by atoms with Gasteiger partial charge in [0.2, 0.25) is 5.91 Å². The number of ether oxygens (including phenoxy) is 2. The summed E-state index contributed by atoms with van der Waals surface area (Å²) in [5.41, 5.74) is 2.64. The molecule has 140 valence electrons. The number of carbonyl (C=O) groups is 1. The van der Waals surface area contributed by atoms with E-state index >= 15 is 0 Å². The number of hydrogen-bond donors (Lipinski definition) is 1. The third-order valence-corrected chi connectivity index (χ3v) is 4.49. The molecule has 0 aliphatic carbocycles. The first kappa shape index (κ1) is 18.8. The molecule has 1 N–H and O–H groups in total. The van der Waals surface area contributed by atoms with Crippen molar-refractivity contribution in [3.63, 3.8) is 0 Å². The Balaban J connectivity index is 1.59. The molecule has 27 heavy (non-hydrogen) atoms. The van der Waals surface area contributed by atoms with Gasteiger partial charge in [0.05, 0.1) is 30.8 Å². The summed E-state index contributed by atoms with van der Waals surface area (Å²) in [6.07, 6.45) is 1.80. The maximum atomic E-state index is 12.2. The smallest absolute Gasteiger partial charge is 0.224 e. The van der Waals surface area contributed by atoms with Gasteiger partial charge in [-0.3, -0.25) is 4.79 Å². The Morgan fingerprint density at radius 2 is 1.93 bits per heavy atom. The first-order valence-corrected chi connectivity index (χ1v) is 8.89. The van der Waals surface area contributed by atoms with Crippen molar-refractivity contribution in [2.75, 3.05) is 14.2 Å².